The van der Waals surface area contributed by atoms with Gasteiger partial charge in [0.25, 0.3) is 0 Å². The number of aromatic nitrogens is 1. The summed E-state index contributed by atoms with van der Waals surface area (Å²) in [6.45, 7) is 6.44. The van der Waals surface area contributed by atoms with Crippen molar-refractivity contribution in [3.63, 3.8) is 0 Å². The average molecular weight is 575 g/mol. The molecule has 5 rings (SSSR count). The summed E-state index contributed by atoms with van der Waals surface area (Å²) < 4.78 is 21.0. The lowest BCUT2D eigenvalue weighted by Gasteiger charge is -2.27. The molecule has 0 saturated heterocycles. The summed E-state index contributed by atoms with van der Waals surface area (Å²) in [5.74, 6) is 0.0513. The number of anilines is 1. The highest BCUT2D eigenvalue weighted by molar-refractivity contribution is 6.33. The van der Waals surface area contributed by atoms with E-state index in [-0.39, 0.29) is 23.2 Å². The van der Waals surface area contributed by atoms with Crippen molar-refractivity contribution in [3.8, 4) is 11.5 Å². The van der Waals surface area contributed by atoms with Crippen LogP contribution in [0.1, 0.15) is 52.0 Å². The second-order valence-corrected chi connectivity index (χ2v) is 10.5. The number of fused-ring (bicyclic) bond motifs is 1. The summed E-state index contributed by atoms with van der Waals surface area (Å²) in [6, 6.07) is 11.9. The number of carbonyl (C=O) groups is 1. The van der Waals surface area contributed by atoms with Gasteiger partial charge in [-0.15, -0.1) is 0 Å². The molecule has 1 aromatic heterocycles. The van der Waals surface area contributed by atoms with Crippen molar-refractivity contribution in [2.45, 2.75) is 58.5 Å². The quantitative estimate of drug-likeness (QED) is 0.251. The Bertz CT molecular complexity index is 1510. The van der Waals surface area contributed by atoms with Gasteiger partial charge in [-0.25, -0.2) is 4.39 Å². The van der Waals surface area contributed by atoms with Gasteiger partial charge in [-0.3, -0.25) is 9.78 Å². The molecule has 2 aromatic carbocycles. The van der Waals surface area contributed by atoms with Crippen molar-refractivity contribution < 1.29 is 13.9 Å². The van der Waals surface area contributed by atoms with E-state index in [9.17, 15) is 0 Å². The summed E-state index contributed by atoms with van der Waals surface area (Å²) in [7, 11) is 0. The van der Waals surface area contributed by atoms with Crippen LogP contribution in [-0.2, 0) is 4.79 Å². The number of halogens is 2. The molecular weight excluding hydrogens is 539 g/mol. The zero-order chi connectivity index (χ0) is 29.4. The molecule has 1 fully saturated rings. The standard InChI is InChI=1S/C32H33ClFN3O.CH3NO/c1-4-21(2)19-37(25-8-6-5-7-9-25)20-22(3)23-10-13-26-28(18-23)35-17-16-29(26)38-30-15-14-27(31(33)32(30)34)36-24-11-12-24;2-1-3/h5-8,10,13-20,24-25,36H,4,9,11-12H2,1-3H3;1H,(H2,2,3)/b21-19?,22-20+;. The molecule has 1 heterocycles. The summed E-state index contributed by atoms with van der Waals surface area (Å²) in [6.07, 6.45) is 19.1. The fraction of sp³-hybridized carbons (Fsp3) is 0.273. The van der Waals surface area contributed by atoms with E-state index in [1.54, 1.807) is 24.4 Å². The Morgan fingerprint density at radius 3 is 2.63 bits per heavy atom. The van der Waals surface area contributed by atoms with Gasteiger partial charge in [0.2, 0.25) is 6.41 Å². The first-order valence-electron chi connectivity index (χ1n) is 13.8. The number of primary amides is 1. The molecule has 1 atom stereocenters. The van der Waals surface area contributed by atoms with Gasteiger partial charge in [-0.2, -0.15) is 0 Å². The number of carbonyl (C=O) groups excluding carboxylic acids is 1. The molecule has 1 unspecified atom stereocenters. The molecule has 0 bridgehead atoms. The smallest absolute Gasteiger partial charge is 0.204 e. The van der Waals surface area contributed by atoms with Crippen molar-refractivity contribution in [2.75, 3.05) is 5.32 Å². The van der Waals surface area contributed by atoms with Gasteiger partial charge in [0.15, 0.2) is 11.6 Å². The van der Waals surface area contributed by atoms with Crippen LogP contribution in [0.15, 0.2) is 84.9 Å². The maximum Gasteiger partial charge on any atom is 0.204 e. The molecule has 8 heteroatoms. The first-order chi connectivity index (χ1) is 19.8. The van der Waals surface area contributed by atoms with Crippen LogP contribution in [0.25, 0.3) is 16.5 Å². The number of rotatable bonds is 9. The minimum Gasteiger partial charge on any atom is -0.453 e. The van der Waals surface area contributed by atoms with Gasteiger partial charge < -0.3 is 20.7 Å². The number of benzene rings is 2. The maximum absolute atomic E-state index is 15.0. The molecule has 3 N–H and O–H groups in total. The zero-order valence-electron chi connectivity index (χ0n) is 23.6. The topological polar surface area (TPSA) is 80.5 Å². The van der Waals surface area contributed by atoms with Gasteiger partial charge in [-0.05, 0) is 81.0 Å². The monoisotopic (exact) mass is 574 g/mol. The number of amides is 1. The third kappa shape index (κ3) is 7.76. The second kappa shape index (κ2) is 14.0. The largest absolute Gasteiger partial charge is 0.453 e. The molecule has 2 aliphatic carbocycles. The SMILES string of the molecule is CCC(C)=CN(/C=C(\C)c1ccc2c(Oc3ccc(NC4CC4)c(Cl)c3F)ccnc2c1)C1C=CC=CC1.NC=O. The molecular formula is C33H36ClFN4O2. The lowest BCUT2D eigenvalue weighted by Crippen LogP contribution is -2.25. The van der Waals surface area contributed by atoms with E-state index in [1.807, 2.05) is 12.1 Å². The lowest BCUT2D eigenvalue weighted by atomic mass is 10.0. The minimum absolute atomic E-state index is 0.0519. The van der Waals surface area contributed by atoms with Crippen LogP contribution < -0.4 is 15.8 Å². The maximum atomic E-state index is 15.0. The number of hydrogen-bond donors (Lipinski definition) is 2. The predicted octanol–water partition coefficient (Wildman–Crippen LogP) is 8.36. The van der Waals surface area contributed by atoms with Crippen molar-refractivity contribution in [1.29, 1.82) is 0 Å². The number of nitrogens with two attached hydrogens (primary N) is 1. The highest BCUT2D eigenvalue weighted by Crippen LogP contribution is 2.38. The van der Waals surface area contributed by atoms with Crippen LogP contribution in [0.5, 0.6) is 11.5 Å². The van der Waals surface area contributed by atoms with Gasteiger partial charge in [0, 0.05) is 30.0 Å². The van der Waals surface area contributed by atoms with E-state index in [4.69, 9.17) is 21.1 Å². The zero-order valence-corrected chi connectivity index (χ0v) is 24.4. The fourth-order valence-corrected chi connectivity index (χ4v) is 4.62. The molecule has 1 saturated carbocycles. The van der Waals surface area contributed by atoms with Crippen molar-refractivity contribution in [3.05, 3.63) is 101 Å². The number of pyridine rings is 1. The number of hydrogen-bond acceptors (Lipinski definition) is 5. The van der Waals surface area contributed by atoms with Gasteiger partial charge in [0.05, 0.1) is 17.2 Å². The lowest BCUT2D eigenvalue weighted by molar-refractivity contribution is -0.106. The average Bonchev–Trinajstić information content (AvgIpc) is 3.81. The number of nitrogens with zero attached hydrogens (tertiary/aromatic N) is 2. The fourth-order valence-electron chi connectivity index (χ4n) is 4.41. The van der Waals surface area contributed by atoms with Crippen LogP contribution in [-0.4, -0.2) is 28.4 Å². The highest BCUT2D eigenvalue weighted by atomic mass is 35.5. The molecule has 41 heavy (non-hydrogen) atoms. The third-order valence-corrected chi connectivity index (χ3v) is 7.34. The summed E-state index contributed by atoms with van der Waals surface area (Å²) in [5.41, 5.74) is 9.05. The highest BCUT2D eigenvalue weighted by Gasteiger charge is 2.23. The van der Waals surface area contributed by atoms with E-state index in [2.05, 4.69) is 84.5 Å². The Hall–Kier alpha value is -4.10. The molecule has 0 aliphatic heterocycles. The summed E-state index contributed by atoms with van der Waals surface area (Å²) >= 11 is 6.30. The second-order valence-electron chi connectivity index (χ2n) is 10.1. The number of nitrogens with one attached hydrogen (secondary N) is 1. The molecule has 1 amide bonds. The van der Waals surface area contributed by atoms with E-state index in [1.165, 1.54) is 5.57 Å². The van der Waals surface area contributed by atoms with Crippen LogP contribution in [0.4, 0.5) is 10.1 Å². The van der Waals surface area contributed by atoms with Gasteiger partial charge in [0.1, 0.15) is 10.8 Å². The van der Waals surface area contributed by atoms with Crippen LogP contribution in [0.3, 0.4) is 0 Å². The summed E-state index contributed by atoms with van der Waals surface area (Å²) in [4.78, 5) is 15.4. The van der Waals surface area contributed by atoms with Crippen LogP contribution in [0, 0.1) is 5.82 Å². The minimum atomic E-state index is -0.570. The molecule has 0 spiro atoms. The van der Waals surface area contributed by atoms with Gasteiger partial charge >= 0.3 is 0 Å². The van der Waals surface area contributed by atoms with Crippen molar-refractivity contribution in [2.24, 2.45) is 5.73 Å². The van der Waals surface area contributed by atoms with Crippen LogP contribution in [0.2, 0.25) is 5.02 Å². The molecule has 2 aliphatic rings. The Morgan fingerprint density at radius 1 is 1.17 bits per heavy atom. The molecule has 0 radical (unpaired) electrons. The first-order valence-corrected chi connectivity index (χ1v) is 14.2. The van der Waals surface area contributed by atoms with Crippen LogP contribution >= 0.6 is 11.6 Å². The number of ether oxygens (including phenoxy) is 1. The van der Waals surface area contributed by atoms with E-state index >= 15 is 4.39 Å². The van der Waals surface area contributed by atoms with E-state index in [0.717, 1.165) is 47.7 Å². The Balaban J connectivity index is 0.00000124. The van der Waals surface area contributed by atoms with Crippen molar-refractivity contribution >= 4 is 40.2 Å². The van der Waals surface area contributed by atoms with Crippen molar-refractivity contribution in [1.82, 2.24) is 9.88 Å². The summed E-state index contributed by atoms with van der Waals surface area (Å²) in [5, 5.41) is 4.11. The normalized spacial score (nSPS) is 16.7. The molecule has 3 aromatic rings. The third-order valence-electron chi connectivity index (χ3n) is 6.97. The predicted molar refractivity (Wildman–Crippen MR) is 166 cm³/mol. The Kier molecular flexibility index (Phi) is 10.2. The Morgan fingerprint density at radius 2 is 1.95 bits per heavy atom. The van der Waals surface area contributed by atoms with Gasteiger partial charge in [-0.1, -0.05) is 54.5 Å². The van der Waals surface area contributed by atoms with E-state index in [0.29, 0.717) is 17.5 Å². The Labute approximate surface area is 246 Å². The molecule has 214 valence electrons. The van der Waals surface area contributed by atoms with E-state index < -0.39 is 5.82 Å². The molecule has 6 nitrogen and oxygen atoms in total. The first kappa shape index (κ1) is 29.9. The number of allylic oxidation sites excluding steroid dienone is 4.